The predicted molar refractivity (Wildman–Crippen MR) is 88.9 cm³/mol. The molecule has 0 bridgehead atoms. The van der Waals surface area contributed by atoms with Gasteiger partial charge in [0.15, 0.2) is 0 Å². The summed E-state index contributed by atoms with van der Waals surface area (Å²) >= 11 is 2.21. The van der Waals surface area contributed by atoms with Crippen LogP contribution >= 0.6 is 22.6 Å². The molecule has 2 amide bonds. The van der Waals surface area contributed by atoms with Crippen LogP contribution in [-0.2, 0) is 0 Å². The first-order valence-corrected chi connectivity index (χ1v) is 7.24. The van der Waals surface area contributed by atoms with Gasteiger partial charge in [-0.25, -0.2) is 4.79 Å². The van der Waals surface area contributed by atoms with E-state index < -0.39 is 6.10 Å². The van der Waals surface area contributed by atoms with Crippen molar-refractivity contribution in [1.82, 2.24) is 0 Å². The van der Waals surface area contributed by atoms with Gasteiger partial charge in [-0.2, -0.15) is 0 Å². The zero-order chi connectivity index (χ0) is 14.5. The summed E-state index contributed by atoms with van der Waals surface area (Å²) in [5.41, 5.74) is 2.14. The highest BCUT2D eigenvalue weighted by atomic mass is 127. The number of aliphatic hydroxyl groups is 1. The Balaban J connectivity index is 2.01. The Morgan fingerprint density at radius 2 is 1.75 bits per heavy atom. The minimum Gasteiger partial charge on any atom is -0.389 e. The van der Waals surface area contributed by atoms with Crippen molar-refractivity contribution in [3.05, 3.63) is 57.7 Å². The number of aliphatic hydroxyl groups excluding tert-OH is 1. The molecule has 2 aromatic rings. The second kappa shape index (κ2) is 6.71. The molecule has 5 heteroatoms. The Morgan fingerprint density at radius 3 is 2.40 bits per heavy atom. The summed E-state index contributed by atoms with van der Waals surface area (Å²) in [6, 6.07) is 14.3. The Morgan fingerprint density at radius 1 is 1.10 bits per heavy atom. The smallest absolute Gasteiger partial charge is 0.323 e. The molecule has 4 nitrogen and oxygen atoms in total. The summed E-state index contributed by atoms with van der Waals surface area (Å²) in [5.74, 6) is 0. The summed E-state index contributed by atoms with van der Waals surface area (Å²) in [5, 5.41) is 15.0. The van der Waals surface area contributed by atoms with Crippen LogP contribution in [0.4, 0.5) is 16.2 Å². The minimum absolute atomic E-state index is 0.311. The fourth-order valence-electron chi connectivity index (χ4n) is 1.70. The maximum Gasteiger partial charge on any atom is 0.323 e. The van der Waals surface area contributed by atoms with E-state index in [0.717, 1.165) is 14.8 Å². The number of benzene rings is 2. The third kappa shape index (κ3) is 4.21. The molecule has 2 rings (SSSR count). The number of nitrogens with one attached hydrogen (secondary N) is 2. The molecule has 104 valence electrons. The number of rotatable bonds is 3. The number of anilines is 2. The van der Waals surface area contributed by atoms with Crippen molar-refractivity contribution in [2.75, 3.05) is 10.6 Å². The lowest BCUT2D eigenvalue weighted by atomic mass is 10.1. The summed E-state index contributed by atoms with van der Waals surface area (Å²) in [6.07, 6.45) is -0.559. The molecule has 2 aromatic carbocycles. The van der Waals surface area contributed by atoms with Crippen molar-refractivity contribution in [2.45, 2.75) is 13.0 Å². The van der Waals surface area contributed by atoms with E-state index in [1.807, 2.05) is 30.3 Å². The quantitative estimate of drug-likeness (QED) is 0.704. The van der Waals surface area contributed by atoms with Gasteiger partial charge in [0, 0.05) is 14.9 Å². The highest BCUT2D eigenvalue weighted by Crippen LogP contribution is 2.17. The normalized spacial score (nSPS) is 11.8. The van der Waals surface area contributed by atoms with Gasteiger partial charge in [-0.05, 0) is 71.5 Å². The zero-order valence-corrected chi connectivity index (χ0v) is 13.1. The van der Waals surface area contributed by atoms with Crippen LogP contribution in [0.1, 0.15) is 18.6 Å². The number of hydrogen-bond donors (Lipinski definition) is 3. The van der Waals surface area contributed by atoms with E-state index in [4.69, 9.17) is 0 Å². The van der Waals surface area contributed by atoms with Crippen molar-refractivity contribution in [2.24, 2.45) is 0 Å². The predicted octanol–water partition coefficient (Wildman–Crippen LogP) is 3.99. The Labute approximate surface area is 131 Å². The van der Waals surface area contributed by atoms with Gasteiger partial charge in [0.2, 0.25) is 0 Å². The van der Waals surface area contributed by atoms with E-state index in [2.05, 4.69) is 33.2 Å². The van der Waals surface area contributed by atoms with Crippen LogP contribution in [-0.4, -0.2) is 11.1 Å². The van der Waals surface area contributed by atoms with Gasteiger partial charge in [0.1, 0.15) is 0 Å². The monoisotopic (exact) mass is 382 g/mol. The molecule has 0 saturated carbocycles. The van der Waals surface area contributed by atoms with Gasteiger partial charge in [-0.15, -0.1) is 0 Å². The molecular weight excluding hydrogens is 367 g/mol. The number of carbonyl (C=O) groups is 1. The molecule has 0 heterocycles. The molecule has 3 N–H and O–H groups in total. The minimum atomic E-state index is -0.559. The standard InChI is InChI=1S/C15H15IN2O2/c1-10(19)11-3-2-4-14(9-11)18-15(20)17-13-7-5-12(16)6-8-13/h2-10,19H,1H3,(H2,17,18,20). The Bertz CT molecular complexity index is 597. The van der Waals surface area contributed by atoms with Crippen LogP contribution < -0.4 is 10.6 Å². The maximum atomic E-state index is 11.9. The molecule has 0 spiro atoms. The summed E-state index contributed by atoms with van der Waals surface area (Å²) in [7, 11) is 0. The molecule has 0 aliphatic rings. The third-order valence-electron chi connectivity index (χ3n) is 2.73. The van der Waals surface area contributed by atoms with Crippen molar-refractivity contribution in [1.29, 1.82) is 0 Å². The van der Waals surface area contributed by atoms with Gasteiger partial charge >= 0.3 is 6.03 Å². The van der Waals surface area contributed by atoms with Crippen LogP contribution in [0.25, 0.3) is 0 Å². The van der Waals surface area contributed by atoms with Crippen molar-refractivity contribution in [3.8, 4) is 0 Å². The van der Waals surface area contributed by atoms with Crippen LogP contribution in [0.2, 0.25) is 0 Å². The lowest BCUT2D eigenvalue weighted by Gasteiger charge is -2.10. The summed E-state index contributed by atoms with van der Waals surface area (Å²) in [6.45, 7) is 1.69. The number of hydrogen-bond acceptors (Lipinski definition) is 2. The van der Waals surface area contributed by atoms with Crippen LogP contribution in [0.3, 0.4) is 0 Å². The zero-order valence-electron chi connectivity index (χ0n) is 10.9. The average molecular weight is 382 g/mol. The van der Waals surface area contributed by atoms with E-state index in [1.54, 1.807) is 25.1 Å². The van der Waals surface area contributed by atoms with E-state index in [1.165, 1.54) is 0 Å². The number of urea groups is 1. The summed E-state index contributed by atoms with van der Waals surface area (Å²) in [4.78, 5) is 11.9. The molecule has 20 heavy (non-hydrogen) atoms. The van der Waals surface area contributed by atoms with E-state index in [9.17, 15) is 9.90 Å². The van der Waals surface area contributed by atoms with Gasteiger partial charge in [0.25, 0.3) is 0 Å². The first-order valence-electron chi connectivity index (χ1n) is 6.16. The average Bonchev–Trinajstić information content (AvgIpc) is 2.41. The third-order valence-corrected chi connectivity index (χ3v) is 3.45. The van der Waals surface area contributed by atoms with Gasteiger partial charge in [-0.1, -0.05) is 12.1 Å². The van der Waals surface area contributed by atoms with E-state index >= 15 is 0 Å². The second-order valence-corrected chi connectivity index (χ2v) is 5.63. The Hall–Kier alpha value is -1.60. The maximum absolute atomic E-state index is 11.9. The highest BCUT2D eigenvalue weighted by molar-refractivity contribution is 14.1. The van der Waals surface area contributed by atoms with Crippen molar-refractivity contribution in [3.63, 3.8) is 0 Å². The molecular formula is C15H15IN2O2. The molecule has 0 aliphatic carbocycles. The van der Waals surface area contributed by atoms with Gasteiger partial charge < -0.3 is 15.7 Å². The number of amides is 2. The highest BCUT2D eigenvalue weighted by Gasteiger charge is 2.05. The van der Waals surface area contributed by atoms with Crippen molar-refractivity contribution >= 4 is 40.0 Å². The topological polar surface area (TPSA) is 61.4 Å². The largest absolute Gasteiger partial charge is 0.389 e. The Kier molecular flexibility index (Phi) is 4.97. The molecule has 1 atom stereocenters. The summed E-state index contributed by atoms with van der Waals surface area (Å²) < 4.78 is 1.11. The van der Waals surface area contributed by atoms with Crippen LogP contribution in [0.15, 0.2) is 48.5 Å². The molecule has 0 fully saturated rings. The van der Waals surface area contributed by atoms with Gasteiger partial charge in [-0.3, -0.25) is 0 Å². The van der Waals surface area contributed by atoms with Gasteiger partial charge in [0.05, 0.1) is 6.10 Å². The first-order chi connectivity index (χ1) is 9.54. The molecule has 1 unspecified atom stereocenters. The second-order valence-electron chi connectivity index (χ2n) is 4.39. The number of carbonyl (C=O) groups excluding carboxylic acids is 1. The molecule has 0 saturated heterocycles. The van der Waals surface area contributed by atoms with E-state index in [0.29, 0.717) is 5.69 Å². The molecule has 0 radical (unpaired) electrons. The first kappa shape index (κ1) is 14.8. The SMILES string of the molecule is CC(O)c1cccc(NC(=O)Nc2ccc(I)cc2)c1. The van der Waals surface area contributed by atoms with Crippen LogP contribution in [0.5, 0.6) is 0 Å². The van der Waals surface area contributed by atoms with E-state index in [-0.39, 0.29) is 6.03 Å². The van der Waals surface area contributed by atoms with Crippen molar-refractivity contribution < 1.29 is 9.90 Å². The molecule has 0 aliphatic heterocycles. The lowest BCUT2D eigenvalue weighted by Crippen LogP contribution is -2.19. The fraction of sp³-hybridized carbons (Fsp3) is 0.133. The lowest BCUT2D eigenvalue weighted by molar-refractivity contribution is 0.199. The molecule has 0 aromatic heterocycles. The number of halogens is 1. The fourth-order valence-corrected chi connectivity index (χ4v) is 2.06. The van der Waals surface area contributed by atoms with Crippen LogP contribution in [0, 0.1) is 3.57 Å².